The van der Waals surface area contributed by atoms with Gasteiger partial charge in [-0.2, -0.15) is 0 Å². The summed E-state index contributed by atoms with van der Waals surface area (Å²) in [7, 11) is 0. The molecule has 0 aliphatic heterocycles. The number of amides is 1. The normalized spacial score (nSPS) is 10.9. The standard InChI is InChI=1S/C17H19ClN4OS4/c1-2-22(10-13-5-6-14(18)26-13)15(23)11-25-17-21-20-16(27-17)19-8-7-12-4-3-9-24-12/h3-6,9H,2,7-8,10-11H2,1H3,(H,19,20). The van der Waals surface area contributed by atoms with Crippen molar-refractivity contribution in [1.82, 2.24) is 15.1 Å². The first-order chi connectivity index (χ1) is 13.1. The Morgan fingerprint density at radius 2 is 2.15 bits per heavy atom. The zero-order valence-corrected chi connectivity index (χ0v) is 18.7. The maximum atomic E-state index is 12.5. The number of thioether (sulfide) groups is 1. The first-order valence-corrected chi connectivity index (χ1v) is 12.3. The maximum absolute atomic E-state index is 12.5. The molecule has 27 heavy (non-hydrogen) atoms. The van der Waals surface area contributed by atoms with Crippen LogP contribution in [0.3, 0.4) is 0 Å². The lowest BCUT2D eigenvalue weighted by molar-refractivity contribution is -0.128. The largest absolute Gasteiger partial charge is 0.360 e. The second-order valence-corrected chi connectivity index (χ2v) is 10.6. The average molecular weight is 459 g/mol. The molecule has 0 saturated heterocycles. The van der Waals surface area contributed by atoms with E-state index in [4.69, 9.17) is 11.6 Å². The molecule has 0 aliphatic rings. The molecule has 1 N–H and O–H groups in total. The maximum Gasteiger partial charge on any atom is 0.233 e. The van der Waals surface area contributed by atoms with E-state index in [2.05, 4.69) is 33.0 Å². The lowest BCUT2D eigenvalue weighted by Crippen LogP contribution is -2.31. The van der Waals surface area contributed by atoms with Crippen LogP contribution >= 0.6 is 57.4 Å². The van der Waals surface area contributed by atoms with E-state index in [1.54, 1.807) is 11.3 Å². The first-order valence-electron chi connectivity index (χ1n) is 8.38. The molecule has 144 valence electrons. The van der Waals surface area contributed by atoms with Crippen molar-refractivity contribution in [2.75, 3.05) is 24.2 Å². The number of aromatic nitrogens is 2. The van der Waals surface area contributed by atoms with Crippen LogP contribution in [-0.4, -0.2) is 39.8 Å². The number of carbonyl (C=O) groups is 1. The van der Waals surface area contributed by atoms with Gasteiger partial charge in [-0.05, 0) is 36.9 Å². The zero-order valence-electron chi connectivity index (χ0n) is 14.7. The van der Waals surface area contributed by atoms with Crippen LogP contribution in [0.25, 0.3) is 0 Å². The third-order valence-electron chi connectivity index (χ3n) is 3.66. The SMILES string of the molecule is CCN(Cc1ccc(Cl)s1)C(=O)CSc1nnc(NCCc2cccs2)s1. The topological polar surface area (TPSA) is 58.1 Å². The van der Waals surface area contributed by atoms with E-state index in [-0.39, 0.29) is 5.91 Å². The molecule has 0 radical (unpaired) electrons. The van der Waals surface area contributed by atoms with Crippen molar-refractivity contribution in [1.29, 1.82) is 0 Å². The van der Waals surface area contributed by atoms with E-state index in [1.165, 1.54) is 39.3 Å². The van der Waals surface area contributed by atoms with Gasteiger partial charge in [-0.1, -0.05) is 40.8 Å². The molecule has 0 fully saturated rings. The quantitative estimate of drug-likeness (QED) is 0.428. The number of anilines is 1. The summed E-state index contributed by atoms with van der Waals surface area (Å²) in [5.41, 5.74) is 0. The van der Waals surface area contributed by atoms with Crippen molar-refractivity contribution >= 4 is 68.4 Å². The lowest BCUT2D eigenvalue weighted by atomic mass is 10.3. The highest BCUT2D eigenvalue weighted by Gasteiger charge is 2.15. The predicted octanol–water partition coefficient (Wildman–Crippen LogP) is 5.11. The number of rotatable bonds is 10. The van der Waals surface area contributed by atoms with Gasteiger partial charge < -0.3 is 10.2 Å². The molecule has 0 aliphatic carbocycles. The van der Waals surface area contributed by atoms with Gasteiger partial charge in [-0.25, -0.2) is 0 Å². The third-order valence-corrected chi connectivity index (χ3v) is 7.81. The minimum absolute atomic E-state index is 0.0921. The minimum Gasteiger partial charge on any atom is -0.360 e. The number of thiophene rings is 2. The Bertz CT molecular complexity index is 849. The second kappa shape index (κ2) is 10.4. The van der Waals surface area contributed by atoms with Gasteiger partial charge in [-0.3, -0.25) is 4.79 Å². The van der Waals surface area contributed by atoms with E-state index < -0.39 is 0 Å². The van der Waals surface area contributed by atoms with E-state index in [9.17, 15) is 4.79 Å². The molecule has 0 bridgehead atoms. The van der Waals surface area contributed by atoms with E-state index in [1.807, 2.05) is 24.0 Å². The van der Waals surface area contributed by atoms with Crippen molar-refractivity contribution < 1.29 is 4.79 Å². The highest BCUT2D eigenvalue weighted by atomic mass is 35.5. The van der Waals surface area contributed by atoms with Crippen molar-refractivity contribution in [2.45, 2.75) is 24.2 Å². The number of hydrogen-bond acceptors (Lipinski definition) is 8. The fourth-order valence-corrected chi connectivity index (χ4v) is 5.80. The Hall–Kier alpha value is -1.13. The monoisotopic (exact) mass is 458 g/mol. The fraction of sp³-hybridized carbons (Fsp3) is 0.353. The summed E-state index contributed by atoms with van der Waals surface area (Å²) in [6.45, 7) is 4.07. The molecule has 0 saturated carbocycles. The van der Waals surface area contributed by atoms with Gasteiger partial charge in [0.2, 0.25) is 11.0 Å². The van der Waals surface area contributed by atoms with E-state index >= 15 is 0 Å². The van der Waals surface area contributed by atoms with Crippen LogP contribution in [-0.2, 0) is 17.8 Å². The first kappa shape index (κ1) is 20.6. The number of hydrogen-bond donors (Lipinski definition) is 1. The molecule has 3 aromatic heterocycles. The average Bonchev–Trinajstić information content (AvgIpc) is 3.40. The molecular formula is C17H19ClN4OS4. The van der Waals surface area contributed by atoms with Crippen molar-refractivity contribution in [3.63, 3.8) is 0 Å². The number of halogens is 1. The fourth-order valence-electron chi connectivity index (χ4n) is 2.30. The Morgan fingerprint density at radius 1 is 1.26 bits per heavy atom. The van der Waals surface area contributed by atoms with Gasteiger partial charge in [0.25, 0.3) is 0 Å². The third kappa shape index (κ3) is 6.46. The van der Waals surface area contributed by atoms with Crippen LogP contribution < -0.4 is 5.32 Å². The summed E-state index contributed by atoms with van der Waals surface area (Å²) in [5.74, 6) is 0.450. The molecule has 3 rings (SSSR count). The van der Waals surface area contributed by atoms with Gasteiger partial charge in [0.05, 0.1) is 16.6 Å². The zero-order chi connectivity index (χ0) is 19.1. The molecule has 5 nitrogen and oxygen atoms in total. The van der Waals surface area contributed by atoms with Gasteiger partial charge in [-0.15, -0.1) is 32.9 Å². The summed E-state index contributed by atoms with van der Waals surface area (Å²) < 4.78 is 1.55. The van der Waals surface area contributed by atoms with Gasteiger partial charge in [0, 0.05) is 22.8 Å². The van der Waals surface area contributed by atoms with E-state index in [0.29, 0.717) is 18.8 Å². The van der Waals surface area contributed by atoms with Crippen LogP contribution in [0.2, 0.25) is 4.34 Å². The number of nitrogens with one attached hydrogen (secondary N) is 1. The van der Waals surface area contributed by atoms with Crippen LogP contribution in [0.5, 0.6) is 0 Å². The smallest absolute Gasteiger partial charge is 0.233 e. The Morgan fingerprint density at radius 3 is 2.85 bits per heavy atom. The molecule has 0 unspecified atom stereocenters. The predicted molar refractivity (Wildman–Crippen MR) is 118 cm³/mol. The molecule has 1 amide bonds. The van der Waals surface area contributed by atoms with E-state index in [0.717, 1.165) is 31.7 Å². The minimum atomic E-state index is 0.0921. The van der Waals surface area contributed by atoms with Crippen molar-refractivity contribution in [2.24, 2.45) is 0 Å². The number of carbonyl (C=O) groups excluding carboxylic acids is 1. The summed E-state index contributed by atoms with van der Waals surface area (Å²) in [6.07, 6.45) is 0.969. The highest BCUT2D eigenvalue weighted by Crippen LogP contribution is 2.27. The Kier molecular flexibility index (Phi) is 7.95. The molecule has 0 spiro atoms. The second-order valence-electron chi connectivity index (χ2n) is 5.53. The van der Waals surface area contributed by atoms with Gasteiger partial charge >= 0.3 is 0 Å². The van der Waals surface area contributed by atoms with Crippen LogP contribution in [0.1, 0.15) is 16.7 Å². The molecular weight excluding hydrogens is 440 g/mol. The highest BCUT2D eigenvalue weighted by molar-refractivity contribution is 8.01. The molecule has 3 heterocycles. The van der Waals surface area contributed by atoms with Gasteiger partial charge in [0.1, 0.15) is 0 Å². The number of nitrogens with zero attached hydrogens (tertiary/aromatic N) is 3. The van der Waals surface area contributed by atoms with Gasteiger partial charge in [0.15, 0.2) is 4.34 Å². The molecule has 0 atom stereocenters. The van der Waals surface area contributed by atoms with Crippen LogP contribution in [0.4, 0.5) is 5.13 Å². The summed E-state index contributed by atoms with van der Waals surface area (Å²) in [6, 6.07) is 8.02. The molecule has 3 aromatic rings. The van der Waals surface area contributed by atoms with Crippen molar-refractivity contribution in [3.05, 3.63) is 43.7 Å². The summed E-state index contributed by atoms with van der Waals surface area (Å²) in [4.78, 5) is 16.8. The van der Waals surface area contributed by atoms with Crippen molar-refractivity contribution in [3.8, 4) is 0 Å². The Balaban J connectivity index is 1.43. The lowest BCUT2D eigenvalue weighted by Gasteiger charge is -2.19. The van der Waals surface area contributed by atoms with Crippen LogP contribution in [0, 0.1) is 0 Å². The summed E-state index contributed by atoms with van der Waals surface area (Å²) in [5, 5.41) is 14.5. The Labute approximate surface area is 179 Å². The molecule has 0 aromatic carbocycles. The van der Waals surface area contributed by atoms with Crippen LogP contribution in [0.15, 0.2) is 34.0 Å². The molecule has 10 heteroatoms. The summed E-state index contributed by atoms with van der Waals surface area (Å²) >= 11 is 12.2.